The van der Waals surface area contributed by atoms with Gasteiger partial charge in [0.25, 0.3) is 0 Å². The van der Waals surface area contributed by atoms with Crippen LogP contribution in [0.4, 0.5) is 0 Å². The molecule has 6 heteroatoms. The molecule has 0 radical (unpaired) electrons. The molecule has 2 aromatic heterocycles. The highest BCUT2D eigenvalue weighted by Gasteiger charge is 2.13. The standard InChI is InChI=1S/C11H9BrN2O3/c12-7-4-9(14-5-7)11(16)17-6-10(15)8-2-1-3-13-8/h1-5,13-14H,6H2. The zero-order valence-corrected chi connectivity index (χ0v) is 10.3. The molecular weight excluding hydrogens is 288 g/mol. The number of nitrogens with one attached hydrogen (secondary N) is 2. The molecule has 0 spiro atoms. The SMILES string of the molecule is O=C(COC(=O)c1cc(Br)c[nH]1)c1ccc[nH]1. The molecule has 2 rings (SSSR count). The van der Waals surface area contributed by atoms with Gasteiger partial charge in [-0.2, -0.15) is 0 Å². The van der Waals surface area contributed by atoms with Crippen molar-refractivity contribution in [2.75, 3.05) is 6.61 Å². The molecule has 2 aromatic rings. The Labute approximate surface area is 105 Å². The van der Waals surface area contributed by atoms with Gasteiger partial charge in [-0.15, -0.1) is 0 Å². The Hall–Kier alpha value is -1.82. The Kier molecular flexibility index (Phi) is 3.43. The van der Waals surface area contributed by atoms with Gasteiger partial charge >= 0.3 is 5.97 Å². The average molecular weight is 297 g/mol. The van der Waals surface area contributed by atoms with Crippen molar-refractivity contribution in [2.45, 2.75) is 0 Å². The first-order valence-corrected chi connectivity index (χ1v) is 5.64. The number of Topliss-reactive ketones (excluding diaryl/α,β-unsaturated/α-hetero) is 1. The number of carbonyl (C=O) groups is 2. The first-order chi connectivity index (χ1) is 8.16. The van der Waals surface area contributed by atoms with Crippen LogP contribution in [-0.4, -0.2) is 28.3 Å². The van der Waals surface area contributed by atoms with Gasteiger partial charge in [-0.05, 0) is 34.1 Å². The summed E-state index contributed by atoms with van der Waals surface area (Å²) in [4.78, 5) is 28.5. The summed E-state index contributed by atoms with van der Waals surface area (Å²) in [6.07, 6.45) is 3.25. The summed E-state index contributed by atoms with van der Waals surface area (Å²) in [6, 6.07) is 4.92. The van der Waals surface area contributed by atoms with Crippen molar-refractivity contribution in [3.8, 4) is 0 Å². The molecule has 0 aromatic carbocycles. The van der Waals surface area contributed by atoms with Crippen LogP contribution in [0, 0.1) is 0 Å². The second kappa shape index (κ2) is 5.01. The number of hydrogen-bond donors (Lipinski definition) is 2. The third kappa shape index (κ3) is 2.85. The lowest BCUT2D eigenvalue weighted by atomic mass is 10.3. The zero-order chi connectivity index (χ0) is 12.3. The van der Waals surface area contributed by atoms with E-state index < -0.39 is 5.97 Å². The predicted molar refractivity (Wildman–Crippen MR) is 63.9 cm³/mol. The number of rotatable bonds is 4. The van der Waals surface area contributed by atoms with Crippen LogP contribution in [0.2, 0.25) is 0 Å². The molecule has 2 heterocycles. The lowest BCUT2D eigenvalue weighted by Crippen LogP contribution is -2.14. The van der Waals surface area contributed by atoms with Gasteiger partial charge in [-0.3, -0.25) is 4.79 Å². The molecule has 0 aliphatic heterocycles. The fourth-order valence-corrected chi connectivity index (χ4v) is 1.62. The summed E-state index contributed by atoms with van der Waals surface area (Å²) in [6.45, 7) is -0.282. The minimum absolute atomic E-state index is 0.269. The van der Waals surface area contributed by atoms with Gasteiger partial charge in [-0.25, -0.2) is 4.79 Å². The summed E-state index contributed by atoms with van der Waals surface area (Å²) >= 11 is 3.20. The summed E-state index contributed by atoms with van der Waals surface area (Å²) in [5.74, 6) is -0.829. The minimum Gasteiger partial charge on any atom is -0.453 e. The molecular formula is C11H9BrN2O3. The number of halogens is 1. The van der Waals surface area contributed by atoms with Gasteiger partial charge in [0.15, 0.2) is 6.61 Å². The maximum Gasteiger partial charge on any atom is 0.355 e. The van der Waals surface area contributed by atoms with Crippen LogP contribution in [0.25, 0.3) is 0 Å². The number of esters is 1. The topological polar surface area (TPSA) is 75.0 Å². The Morgan fingerprint density at radius 2 is 2.12 bits per heavy atom. The predicted octanol–water partition coefficient (Wildman–Crippen LogP) is 2.15. The van der Waals surface area contributed by atoms with Crippen molar-refractivity contribution in [1.29, 1.82) is 0 Å². The molecule has 0 saturated carbocycles. The quantitative estimate of drug-likeness (QED) is 0.670. The van der Waals surface area contributed by atoms with Crippen molar-refractivity contribution in [3.05, 3.63) is 46.5 Å². The van der Waals surface area contributed by atoms with Crippen LogP contribution in [0.3, 0.4) is 0 Å². The lowest BCUT2D eigenvalue weighted by Gasteiger charge is -2.01. The lowest BCUT2D eigenvalue weighted by molar-refractivity contribution is 0.0468. The number of carbonyl (C=O) groups excluding carboxylic acids is 2. The summed E-state index contributed by atoms with van der Waals surface area (Å²) in [5, 5.41) is 0. The second-order valence-corrected chi connectivity index (χ2v) is 4.23. The van der Waals surface area contributed by atoms with Crippen LogP contribution in [0.15, 0.2) is 35.1 Å². The Morgan fingerprint density at radius 3 is 2.71 bits per heavy atom. The van der Waals surface area contributed by atoms with E-state index in [-0.39, 0.29) is 12.4 Å². The largest absolute Gasteiger partial charge is 0.453 e. The van der Waals surface area contributed by atoms with Gasteiger partial charge in [0, 0.05) is 16.9 Å². The zero-order valence-electron chi connectivity index (χ0n) is 8.70. The van der Waals surface area contributed by atoms with Crippen LogP contribution in [0.5, 0.6) is 0 Å². The average Bonchev–Trinajstić information content (AvgIpc) is 2.95. The third-order valence-electron chi connectivity index (χ3n) is 2.10. The Bertz CT molecular complexity index is 531. The van der Waals surface area contributed by atoms with Crippen LogP contribution >= 0.6 is 15.9 Å². The summed E-state index contributed by atoms with van der Waals surface area (Å²) in [5.41, 5.74) is 0.724. The number of ether oxygens (including phenoxy) is 1. The molecule has 17 heavy (non-hydrogen) atoms. The molecule has 0 atom stereocenters. The Balaban J connectivity index is 1.91. The number of aromatic amines is 2. The van der Waals surface area contributed by atoms with E-state index in [9.17, 15) is 9.59 Å². The number of H-pyrrole nitrogens is 2. The Morgan fingerprint density at radius 1 is 1.29 bits per heavy atom. The highest BCUT2D eigenvalue weighted by Crippen LogP contribution is 2.11. The van der Waals surface area contributed by atoms with E-state index in [2.05, 4.69) is 25.9 Å². The highest BCUT2D eigenvalue weighted by molar-refractivity contribution is 9.10. The van der Waals surface area contributed by atoms with E-state index in [0.717, 1.165) is 4.47 Å². The number of aromatic nitrogens is 2. The van der Waals surface area contributed by atoms with Crippen LogP contribution < -0.4 is 0 Å². The maximum absolute atomic E-state index is 11.5. The molecule has 0 fully saturated rings. The molecule has 5 nitrogen and oxygen atoms in total. The fraction of sp³-hybridized carbons (Fsp3) is 0.0909. The molecule has 0 amide bonds. The molecule has 0 unspecified atom stereocenters. The fourth-order valence-electron chi connectivity index (χ4n) is 1.28. The molecule has 0 aliphatic carbocycles. The maximum atomic E-state index is 11.5. The number of ketones is 1. The van der Waals surface area contributed by atoms with E-state index >= 15 is 0 Å². The van der Waals surface area contributed by atoms with Gasteiger partial charge < -0.3 is 14.7 Å². The van der Waals surface area contributed by atoms with Crippen molar-refractivity contribution in [3.63, 3.8) is 0 Å². The van der Waals surface area contributed by atoms with Gasteiger partial charge in [-0.1, -0.05) is 0 Å². The first kappa shape index (κ1) is 11.7. The van der Waals surface area contributed by atoms with Crippen LogP contribution in [-0.2, 0) is 4.74 Å². The third-order valence-corrected chi connectivity index (χ3v) is 2.56. The molecule has 0 saturated heterocycles. The first-order valence-electron chi connectivity index (χ1n) is 4.84. The van der Waals surface area contributed by atoms with Crippen molar-refractivity contribution >= 4 is 27.7 Å². The normalized spacial score (nSPS) is 10.2. The van der Waals surface area contributed by atoms with Crippen molar-refractivity contribution < 1.29 is 14.3 Å². The van der Waals surface area contributed by atoms with Gasteiger partial charge in [0.05, 0.1) is 5.69 Å². The van der Waals surface area contributed by atoms with E-state index in [1.54, 1.807) is 30.6 Å². The van der Waals surface area contributed by atoms with Crippen molar-refractivity contribution in [1.82, 2.24) is 9.97 Å². The molecule has 88 valence electrons. The van der Waals surface area contributed by atoms with Gasteiger partial charge in [0.2, 0.25) is 5.78 Å². The van der Waals surface area contributed by atoms with E-state index in [1.807, 2.05) is 0 Å². The smallest absolute Gasteiger partial charge is 0.355 e. The highest BCUT2D eigenvalue weighted by atomic mass is 79.9. The summed E-state index contributed by atoms with van der Waals surface area (Å²) < 4.78 is 5.62. The molecule has 0 aliphatic rings. The van der Waals surface area contributed by atoms with E-state index in [4.69, 9.17) is 4.74 Å². The molecule has 2 N–H and O–H groups in total. The summed E-state index contributed by atoms with van der Waals surface area (Å²) in [7, 11) is 0. The second-order valence-electron chi connectivity index (χ2n) is 3.31. The van der Waals surface area contributed by atoms with Gasteiger partial charge in [0.1, 0.15) is 5.69 Å². The minimum atomic E-state index is -0.560. The molecule has 0 bridgehead atoms. The monoisotopic (exact) mass is 296 g/mol. The van der Waals surface area contributed by atoms with Crippen molar-refractivity contribution in [2.24, 2.45) is 0 Å². The van der Waals surface area contributed by atoms with E-state index in [1.165, 1.54) is 0 Å². The van der Waals surface area contributed by atoms with Crippen LogP contribution in [0.1, 0.15) is 21.0 Å². The number of hydrogen-bond acceptors (Lipinski definition) is 3. The van der Waals surface area contributed by atoms with E-state index in [0.29, 0.717) is 11.4 Å².